The Morgan fingerprint density at radius 1 is 1.12 bits per heavy atom. The fourth-order valence-electron chi connectivity index (χ4n) is 1.97. The lowest BCUT2D eigenvalue weighted by Gasteiger charge is -2.11. The van der Waals surface area contributed by atoms with Crippen molar-refractivity contribution in [2.24, 2.45) is 5.92 Å². The van der Waals surface area contributed by atoms with Crippen LogP contribution in [0.25, 0.3) is 0 Å². The van der Waals surface area contributed by atoms with Crippen LogP contribution in [0.3, 0.4) is 0 Å². The Bertz CT molecular complexity index is 788. The number of hydrogen-bond acceptors (Lipinski definition) is 3. The van der Waals surface area contributed by atoms with Gasteiger partial charge >= 0.3 is 5.97 Å². The van der Waals surface area contributed by atoms with E-state index in [1.807, 2.05) is 13.8 Å². The van der Waals surface area contributed by atoms with Gasteiger partial charge in [0.15, 0.2) is 0 Å². The van der Waals surface area contributed by atoms with Gasteiger partial charge < -0.3 is 15.2 Å². The Kier molecular flexibility index (Phi) is 6.28. The predicted molar refractivity (Wildman–Crippen MR) is 98.1 cm³/mol. The average molecular weight is 382 g/mol. The van der Waals surface area contributed by atoms with Gasteiger partial charge in [-0.1, -0.05) is 37.0 Å². The Hall–Kier alpha value is -2.24. The number of ether oxygens (including phenoxy) is 1. The quantitative estimate of drug-likeness (QED) is 0.739. The third kappa shape index (κ3) is 5.11. The number of nitrogens with one attached hydrogen (secondary N) is 1. The molecule has 1 amide bonds. The number of halogens is 2. The van der Waals surface area contributed by atoms with Crippen molar-refractivity contribution in [1.82, 2.24) is 0 Å². The summed E-state index contributed by atoms with van der Waals surface area (Å²) in [6.45, 7) is 4.68. The van der Waals surface area contributed by atoms with Crippen LogP contribution in [0, 0.1) is 5.92 Å². The normalized spacial score (nSPS) is 10.6. The van der Waals surface area contributed by atoms with Gasteiger partial charge in [-0.05, 0) is 42.3 Å². The van der Waals surface area contributed by atoms with Gasteiger partial charge in [-0.25, -0.2) is 4.79 Å². The highest BCUT2D eigenvalue weighted by Crippen LogP contribution is 2.29. The number of carbonyl (C=O) groups is 2. The molecule has 0 fully saturated rings. The Morgan fingerprint density at radius 2 is 1.76 bits per heavy atom. The maximum absolute atomic E-state index is 12.3. The molecule has 2 aromatic rings. The fraction of sp³-hybridized carbons (Fsp3) is 0.222. The first-order chi connectivity index (χ1) is 11.8. The molecule has 0 heterocycles. The standard InChI is InChI=1S/C18H17Cl2NO4/c1-10(2)9-25-12-5-3-11(4-6-12)17(22)21-16-7-13(18(23)24)14(19)8-15(16)20/h3-8,10H,9H2,1-2H3,(H,21,22)(H,23,24). The van der Waals surface area contributed by atoms with Crippen LogP contribution in [0.15, 0.2) is 36.4 Å². The molecule has 132 valence electrons. The second-order valence-electron chi connectivity index (χ2n) is 5.80. The molecule has 2 rings (SSSR count). The number of aromatic carboxylic acids is 1. The van der Waals surface area contributed by atoms with Crippen molar-refractivity contribution in [3.8, 4) is 5.75 Å². The van der Waals surface area contributed by atoms with Gasteiger partial charge in [0.1, 0.15) is 5.75 Å². The second-order valence-corrected chi connectivity index (χ2v) is 6.61. The van der Waals surface area contributed by atoms with Crippen LogP contribution in [0.4, 0.5) is 5.69 Å². The number of carboxylic acids is 1. The molecular formula is C18H17Cl2NO4. The summed E-state index contributed by atoms with van der Waals surface area (Å²) in [5.74, 6) is -0.554. The molecule has 25 heavy (non-hydrogen) atoms. The van der Waals surface area contributed by atoms with Crippen molar-refractivity contribution in [2.75, 3.05) is 11.9 Å². The summed E-state index contributed by atoms with van der Waals surface area (Å²) in [6.07, 6.45) is 0. The van der Waals surface area contributed by atoms with Gasteiger partial charge in [0.05, 0.1) is 27.9 Å². The molecule has 0 aromatic heterocycles. The van der Waals surface area contributed by atoms with E-state index in [1.54, 1.807) is 24.3 Å². The van der Waals surface area contributed by atoms with Gasteiger partial charge in [0.25, 0.3) is 5.91 Å². The van der Waals surface area contributed by atoms with E-state index in [0.29, 0.717) is 23.8 Å². The summed E-state index contributed by atoms with van der Waals surface area (Å²) in [7, 11) is 0. The lowest BCUT2D eigenvalue weighted by molar-refractivity contribution is 0.0696. The second kappa shape index (κ2) is 8.23. The van der Waals surface area contributed by atoms with E-state index in [-0.39, 0.29) is 21.3 Å². The molecule has 2 aromatic carbocycles. The number of hydrogen-bond donors (Lipinski definition) is 2. The lowest BCUT2D eigenvalue weighted by atomic mass is 10.1. The molecule has 0 aliphatic rings. The molecule has 0 aliphatic carbocycles. The summed E-state index contributed by atoms with van der Waals surface area (Å²) in [4.78, 5) is 23.5. The third-order valence-corrected chi connectivity index (χ3v) is 3.86. The van der Waals surface area contributed by atoms with Crippen LogP contribution < -0.4 is 10.1 Å². The summed E-state index contributed by atoms with van der Waals surface area (Å²) in [5, 5.41) is 11.8. The van der Waals surface area contributed by atoms with Crippen LogP contribution in [-0.2, 0) is 0 Å². The van der Waals surface area contributed by atoms with Gasteiger partial charge in [-0.3, -0.25) is 4.79 Å². The Morgan fingerprint density at radius 3 is 2.32 bits per heavy atom. The van der Waals surface area contributed by atoms with Crippen molar-refractivity contribution < 1.29 is 19.4 Å². The van der Waals surface area contributed by atoms with Crippen molar-refractivity contribution in [3.63, 3.8) is 0 Å². The highest BCUT2D eigenvalue weighted by atomic mass is 35.5. The lowest BCUT2D eigenvalue weighted by Crippen LogP contribution is -2.13. The number of carbonyl (C=O) groups excluding carboxylic acids is 1. The number of rotatable bonds is 6. The molecule has 0 saturated heterocycles. The first kappa shape index (κ1) is 19.1. The molecule has 0 aliphatic heterocycles. The smallest absolute Gasteiger partial charge is 0.337 e. The Labute approximate surface area is 155 Å². The number of anilines is 1. The first-order valence-electron chi connectivity index (χ1n) is 7.54. The first-order valence-corrected chi connectivity index (χ1v) is 8.30. The summed E-state index contributed by atoms with van der Waals surface area (Å²) < 4.78 is 5.56. The molecule has 5 nitrogen and oxygen atoms in total. The maximum atomic E-state index is 12.3. The third-order valence-electron chi connectivity index (χ3n) is 3.24. The van der Waals surface area contributed by atoms with E-state index >= 15 is 0 Å². The highest BCUT2D eigenvalue weighted by Gasteiger charge is 2.15. The maximum Gasteiger partial charge on any atom is 0.337 e. The molecule has 0 spiro atoms. The summed E-state index contributed by atoms with van der Waals surface area (Å²) in [6, 6.07) is 9.14. The van der Waals surface area contributed by atoms with Crippen LogP contribution in [0.5, 0.6) is 5.75 Å². The Balaban J connectivity index is 2.14. The molecule has 0 unspecified atom stereocenters. The van der Waals surface area contributed by atoms with Crippen molar-refractivity contribution >= 4 is 40.8 Å². The van der Waals surface area contributed by atoms with Crippen molar-refractivity contribution in [1.29, 1.82) is 0 Å². The SMILES string of the molecule is CC(C)COc1ccc(C(=O)Nc2cc(C(=O)O)c(Cl)cc2Cl)cc1. The van der Waals surface area contributed by atoms with Gasteiger partial charge in [0, 0.05) is 5.56 Å². The minimum Gasteiger partial charge on any atom is -0.493 e. The zero-order valence-corrected chi connectivity index (χ0v) is 15.2. The monoisotopic (exact) mass is 381 g/mol. The number of carboxylic acid groups (broad SMARTS) is 1. The zero-order valence-electron chi connectivity index (χ0n) is 13.7. The van der Waals surface area contributed by atoms with Gasteiger partial charge in [0.2, 0.25) is 0 Å². The van der Waals surface area contributed by atoms with E-state index in [2.05, 4.69) is 5.32 Å². The zero-order chi connectivity index (χ0) is 18.6. The largest absolute Gasteiger partial charge is 0.493 e. The molecule has 0 saturated carbocycles. The number of amides is 1. The van der Waals surface area contributed by atoms with Crippen LogP contribution in [0.2, 0.25) is 10.0 Å². The molecule has 7 heteroatoms. The van der Waals surface area contributed by atoms with Gasteiger partial charge in [-0.15, -0.1) is 0 Å². The summed E-state index contributed by atoms with van der Waals surface area (Å²) >= 11 is 11.8. The predicted octanol–water partition coefficient (Wildman–Crippen LogP) is 4.98. The number of benzene rings is 2. The fourth-order valence-corrected chi connectivity index (χ4v) is 2.48. The van der Waals surface area contributed by atoms with Crippen molar-refractivity contribution in [3.05, 3.63) is 57.6 Å². The minimum atomic E-state index is -1.20. The van der Waals surface area contributed by atoms with Crippen LogP contribution in [0.1, 0.15) is 34.6 Å². The summed E-state index contributed by atoms with van der Waals surface area (Å²) in [5.41, 5.74) is 0.423. The average Bonchev–Trinajstić information content (AvgIpc) is 2.55. The van der Waals surface area contributed by atoms with E-state index in [9.17, 15) is 9.59 Å². The molecular weight excluding hydrogens is 365 g/mol. The highest BCUT2D eigenvalue weighted by molar-refractivity contribution is 6.38. The molecule has 0 bridgehead atoms. The van der Waals surface area contributed by atoms with Crippen LogP contribution in [-0.4, -0.2) is 23.6 Å². The minimum absolute atomic E-state index is 0.00199. The van der Waals surface area contributed by atoms with E-state index < -0.39 is 11.9 Å². The van der Waals surface area contributed by atoms with E-state index in [1.165, 1.54) is 12.1 Å². The molecule has 0 radical (unpaired) electrons. The topological polar surface area (TPSA) is 75.6 Å². The molecule has 0 atom stereocenters. The van der Waals surface area contributed by atoms with Gasteiger partial charge in [-0.2, -0.15) is 0 Å². The van der Waals surface area contributed by atoms with E-state index in [0.717, 1.165) is 0 Å². The van der Waals surface area contributed by atoms with E-state index in [4.69, 9.17) is 33.0 Å². The van der Waals surface area contributed by atoms with Crippen LogP contribution >= 0.6 is 23.2 Å². The molecule has 2 N–H and O–H groups in total. The van der Waals surface area contributed by atoms with Crippen molar-refractivity contribution in [2.45, 2.75) is 13.8 Å².